The molecular weight excluding hydrogens is 258 g/mol. The molecule has 0 aliphatic heterocycles. The van der Waals surface area contributed by atoms with Crippen LogP contribution in [0.4, 0.5) is 11.7 Å². The Morgan fingerprint density at radius 3 is 3.16 bits per heavy atom. The minimum atomic E-state index is 0.458. The van der Waals surface area contributed by atoms with Crippen molar-refractivity contribution in [1.82, 2.24) is 4.98 Å². The Bertz CT molecular complexity index is 569. The molecule has 0 amide bonds. The molecule has 1 aliphatic rings. The molecule has 1 aromatic heterocycles. The highest BCUT2D eigenvalue weighted by Gasteiger charge is 2.28. The third-order valence-electron chi connectivity index (χ3n) is 3.59. The van der Waals surface area contributed by atoms with E-state index in [1.54, 1.807) is 0 Å². The highest BCUT2D eigenvalue weighted by Crippen LogP contribution is 2.33. The van der Waals surface area contributed by atoms with E-state index in [0.717, 1.165) is 16.9 Å². The van der Waals surface area contributed by atoms with Crippen LogP contribution < -0.4 is 11.1 Å². The average Bonchev–Trinajstić information content (AvgIpc) is 2.98. The molecule has 102 valence electrons. The summed E-state index contributed by atoms with van der Waals surface area (Å²) in [5.74, 6) is 1.16. The van der Waals surface area contributed by atoms with Gasteiger partial charge in [0.1, 0.15) is 5.52 Å². The molecule has 0 saturated heterocycles. The monoisotopic (exact) mass is 277 g/mol. The summed E-state index contributed by atoms with van der Waals surface area (Å²) in [5.41, 5.74) is 8.07. The predicted molar refractivity (Wildman–Crippen MR) is 81.6 cm³/mol. The number of oxazole rings is 1. The number of nitrogens with one attached hydrogen (secondary N) is 1. The van der Waals surface area contributed by atoms with Crippen molar-refractivity contribution < 1.29 is 4.42 Å². The number of para-hydroxylation sites is 1. The first-order chi connectivity index (χ1) is 9.28. The lowest BCUT2D eigenvalue weighted by Gasteiger charge is -2.18. The fourth-order valence-corrected chi connectivity index (χ4v) is 3.89. The summed E-state index contributed by atoms with van der Waals surface area (Å²) in [7, 11) is 0. The Morgan fingerprint density at radius 1 is 1.47 bits per heavy atom. The van der Waals surface area contributed by atoms with Crippen LogP contribution >= 0.6 is 11.8 Å². The number of aromatic nitrogens is 1. The van der Waals surface area contributed by atoms with Gasteiger partial charge < -0.3 is 15.5 Å². The van der Waals surface area contributed by atoms with Crippen LogP contribution in [0.5, 0.6) is 0 Å². The van der Waals surface area contributed by atoms with Crippen molar-refractivity contribution in [2.75, 3.05) is 16.8 Å². The summed E-state index contributed by atoms with van der Waals surface area (Å²) in [6.45, 7) is 2.21. The van der Waals surface area contributed by atoms with Crippen molar-refractivity contribution in [2.45, 2.75) is 37.5 Å². The van der Waals surface area contributed by atoms with Gasteiger partial charge in [-0.25, -0.2) is 0 Å². The van der Waals surface area contributed by atoms with Gasteiger partial charge in [0.25, 0.3) is 6.01 Å². The maximum Gasteiger partial charge on any atom is 0.296 e. The number of fused-ring (bicyclic) bond motifs is 1. The van der Waals surface area contributed by atoms with Crippen LogP contribution in [0.1, 0.15) is 26.2 Å². The standard InChI is InChI=1S/C14H19N3OS/c1-2-19-12-8-4-6-10(12)16-14-17-13-9(15)5-3-7-11(13)18-14/h3,5,7,10,12H,2,4,6,8,15H2,1H3,(H,16,17). The minimum Gasteiger partial charge on any atom is -0.423 e. The molecule has 2 atom stereocenters. The zero-order chi connectivity index (χ0) is 13.2. The lowest BCUT2D eigenvalue weighted by atomic mass is 10.2. The number of anilines is 2. The van der Waals surface area contributed by atoms with Gasteiger partial charge in [-0.05, 0) is 30.7 Å². The lowest BCUT2D eigenvalue weighted by Crippen LogP contribution is -2.26. The Hall–Kier alpha value is -1.36. The topological polar surface area (TPSA) is 64.1 Å². The summed E-state index contributed by atoms with van der Waals surface area (Å²) < 4.78 is 5.73. The van der Waals surface area contributed by atoms with E-state index in [1.807, 2.05) is 30.0 Å². The van der Waals surface area contributed by atoms with Crippen LogP contribution in [0.15, 0.2) is 22.6 Å². The maximum atomic E-state index is 5.90. The molecule has 0 spiro atoms. The van der Waals surface area contributed by atoms with Gasteiger partial charge in [-0.1, -0.05) is 19.4 Å². The van der Waals surface area contributed by atoms with E-state index in [4.69, 9.17) is 10.2 Å². The van der Waals surface area contributed by atoms with Gasteiger partial charge in [-0.3, -0.25) is 0 Å². The summed E-state index contributed by atoms with van der Waals surface area (Å²) in [6, 6.07) is 6.69. The van der Waals surface area contributed by atoms with Gasteiger partial charge in [0.15, 0.2) is 5.58 Å². The Kier molecular flexibility index (Phi) is 3.55. The van der Waals surface area contributed by atoms with Crippen LogP contribution in [-0.4, -0.2) is 22.0 Å². The zero-order valence-corrected chi connectivity index (χ0v) is 11.9. The van der Waals surface area contributed by atoms with Crippen molar-refractivity contribution >= 4 is 34.6 Å². The number of nitrogens with zero attached hydrogens (tertiary/aromatic N) is 1. The first-order valence-corrected chi connectivity index (χ1v) is 7.86. The molecule has 2 aromatic rings. The number of hydrogen-bond acceptors (Lipinski definition) is 5. The fraction of sp³-hybridized carbons (Fsp3) is 0.500. The first-order valence-electron chi connectivity index (χ1n) is 6.81. The molecule has 0 bridgehead atoms. The van der Waals surface area contributed by atoms with Crippen molar-refractivity contribution in [3.05, 3.63) is 18.2 Å². The lowest BCUT2D eigenvalue weighted by molar-refractivity contribution is 0.596. The van der Waals surface area contributed by atoms with Crippen molar-refractivity contribution in [3.63, 3.8) is 0 Å². The molecule has 0 radical (unpaired) electrons. The van der Waals surface area contributed by atoms with E-state index in [9.17, 15) is 0 Å². The van der Waals surface area contributed by atoms with E-state index in [0.29, 0.717) is 23.0 Å². The highest BCUT2D eigenvalue weighted by atomic mass is 32.2. The quantitative estimate of drug-likeness (QED) is 0.837. The molecule has 4 nitrogen and oxygen atoms in total. The molecule has 3 rings (SSSR count). The van der Waals surface area contributed by atoms with Crippen LogP contribution in [0.25, 0.3) is 11.1 Å². The van der Waals surface area contributed by atoms with Crippen molar-refractivity contribution in [2.24, 2.45) is 0 Å². The van der Waals surface area contributed by atoms with Gasteiger partial charge in [0, 0.05) is 11.3 Å². The van der Waals surface area contributed by atoms with Crippen molar-refractivity contribution in [1.29, 1.82) is 0 Å². The van der Waals surface area contributed by atoms with E-state index in [2.05, 4.69) is 17.2 Å². The van der Waals surface area contributed by atoms with Gasteiger partial charge in [0.05, 0.1) is 5.69 Å². The number of nitrogen functional groups attached to an aromatic ring is 1. The summed E-state index contributed by atoms with van der Waals surface area (Å²) in [5, 5.41) is 4.10. The van der Waals surface area contributed by atoms with Crippen LogP contribution in [0, 0.1) is 0 Å². The second-order valence-electron chi connectivity index (χ2n) is 4.89. The average molecular weight is 277 g/mol. The molecule has 3 N–H and O–H groups in total. The number of nitrogens with two attached hydrogens (primary N) is 1. The number of benzene rings is 1. The summed E-state index contributed by atoms with van der Waals surface area (Å²) >= 11 is 2.02. The van der Waals surface area contributed by atoms with Crippen LogP contribution in [0.3, 0.4) is 0 Å². The molecule has 1 heterocycles. The zero-order valence-electron chi connectivity index (χ0n) is 11.1. The molecule has 2 unspecified atom stereocenters. The third kappa shape index (κ3) is 2.52. The normalized spacial score (nSPS) is 23.0. The molecule has 1 aromatic carbocycles. The van der Waals surface area contributed by atoms with E-state index in [1.165, 1.54) is 19.3 Å². The number of thioether (sulfide) groups is 1. The molecule has 19 heavy (non-hydrogen) atoms. The van der Waals surface area contributed by atoms with Crippen molar-refractivity contribution in [3.8, 4) is 0 Å². The number of hydrogen-bond donors (Lipinski definition) is 2. The van der Waals surface area contributed by atoms with Gasteiger partial charge >= 0.3 is 0 Å². The van der Waals surface area contributed by atoms with Gasteiger partial charge in [-0.15, -0.1) is 0 Å². The molecule has 1 fully saturated rings. The summed E-state index contributed by atoms with van der Waals surface area (Å²) in [6.07, 6.45) is 3.74. The SMILES string of the molecule is CCSC1CCCC1Nc1nc2c(N)cccc2o1. The Labute approximate surface area is 117 Å². The Morgan fingerprint density at radius 2 is 2.37 bits per heavy atom. The van der Waals surface area contributed by atoms with E-state index < -0.39 is 0 Å². The second-order valence-corrected chi connectivity index (χ2v) is 6.40. The van der Waals surface area contributed by atoms with Gasteiger partial charge in [0.2, 0.25) is 0 Å². The third-order valence-corrected chi connectivity index (χ3v) is 4.92. The Balaban J connectivity index is 1.79. The largest absolute Gasteiger partial charge is 0.423 e. The first kappa shape index (κ1) is 12.7. The maximum absolute atomic E-state index is 5.90. The van der Waals surface area contributed by atoms with E-state index in [-0.39, 0.29) is 0 Å². The van der Waals surface area contributed by atoms with Crippen LogP contribution in [-0.2, 0) is 0 Å². The minimum absolute atomic E-state index is 0.458. The van der Waals surface area contributed by atoms with Crippen LogP contribution in [0.2, 0.25) is 0 Å². The number of rotatable bonds is 4. The molecular formula is C14H19N3OS. The summed E-state index contributed by atoms with van der Waals surface area (Å²) in [4.78, 5) is 4.46. The highest BCUT2D eigenvalue weighted by molar-refractivity contribution is 7.99. The molecule has 1 saturated carbocycles. The smallest absolute Gasteiger partial charge is 0.296 e. The van der Waals surface area contributed by atoms with E-state index >= 15 is 0 Å². The fourth-order valence-electron chi connectivity index (χ4n) is 2.69. The molecule has 1 aliphatic carbocycles. The second kappa shape index (κ2) is 5.33. The molecule has 5 heteroatoms. The predicted octanol–water partition coefficient (Wildman–Crippen LogP) is 3.50. The van der Waals surface area contributed by atoms with Gasteiger partial charge in [-0.2, -0.15) is 16.7 Å².